The van der Waals surface area contributed by atoms with Crippen LogP contribution < -0.4 is 5.73 Å². The Morgan fingerprint density at radius 2 is 1.96 bits per heavy atom. The topological polar surface area (TPSA) is 64.7 Å². The summed E-state index contributed by atoms with van der Waals surface area (Å²) >= 11 is 0. The van der Waals surface area contributed by atoms with E-state index in [1.54, 1.807) is 0 Å². The van der Waals surface area contributed by atoms with Crippen molar-refractivity contribution in [3.8, 4) is 0 Å². The largest absolute Gasteiger partial charge is 0.395 e. The fourth-order valence-electron chi connectivity index (χ4n) is 7.09. The molecule has 0 aromatic heterocycles. The summed E-state index contributed by atoms with van der Waals surface area (Å²) in [4.78, 5) is 17.9. The fraction of sp³-hybridized carbons (Fsp3) is 0.818. The van der Waals surface area contributed by atoms with Crippen molar-refractivity contribution >= 4 is 23.9 Å². The number of hydrogen-bond acceptors (Lipinski definition) is 4. The number of carbonyl (C=O) groups excluding carboxylic acids is 1. The summed E-state index contributed by atoms with van der Waals surface area (Å²) in [6.07, 6.45) is 8.48. The van der Waals surface area contributed by atoms with Crippen LogP contribution in [0, 0.1) is 34.5 Å². The molecule has 0 aromatic rings. The number of ketones is 1. The van der Waals surface area contributed by atoms with E-state index in [0.29, 0.717) is 42.1 Å². The number of nitrogens with two attached hydrogens (primary N) is 1. The zero-order valence-corrected chi connectivity index (χ0v) is 17.7. The molecule has 6 atom stereocenters. The van der Waals surface area contributed by atoms with Gasteiger partial charge in [-0.2, -0.15) is 0 Å². The van der Waals surface area contributed by atoms with Crippen LogP contribution in [0.4, 0.5) is 0 Å². The van der Waals surface area contributed by atoms with Gasteiger partial charge in [0.25, 0.3) is 0 Å². The summed E-state index contributed by atoms with van der Waals surface area (Å²) in [7, 11) is 0. The Morgan fingerprint density at radius 1 is 1.19 bits per heavy atom. The Labute approximate surface area is 169 Å². The van der Waals surface area contributed by atoms with E-state index in [0.717, 1.165) is 44.4 Å². The molecule has 0 saturated heterocycles. The van der Waals surface area contributed by atoms with Crippen molar-refractivity contribution in [3.05, 3.63) is 12.2 Å². The maximum atomic E-state index is 12.6. The molecule has 4 saturated carbocycles. The third kappa shape index (κ3) is 3.17. The van der Waals surface area contributed by atoms with Gasteiger partial charge < -0.3 is 10.6 Å². The average molecular weight is 395 g/mol. The Morgan fingerprint density at radius 3 is 2.70 bits per heavy atom. The molecule has 0 spiro atoms. The highest BCUT2D eigenvalue weighted by molar-refractivity contribution is 5.87. The molecule has 6 unspecified atom stereocenters. The van der Waals surface area contributed by atoms with Crippen molar-refractivity contribution in [2.24, 2.45) is 45.4 Å². The van der Waals surface area contributed by atoms with Crippen LogP contribution in [-0.4, -0.2) is 24.6 Å². The molecule has 4 nitrogen and oxygen atoms in total. The Balaban J connectivity index is 0.00000210. The van der Waals surface area contributed by atoms with Gasteiger partial charge in [0.2, 0.25) is 0 Å². The average Bonchev–Trinajstić information content (AvgIpc) is 2.92. The number of allylic oxidation sites excluding steroid dienone is 1. The van der Waals surface area contributed by atoms with Crippen molar-refractivity contribution in [1.82, 2.24) is 0 Å². The molecule has 0 bridgehead atoms. The first-order valence-corrected chi connectivity index (χ1v) is 10.5. The van der Waals surface area contributed by atoms with Crippen LogP contribution in [0.5, 0.6) is 0 Å². The number of rotatable bonds is 3. The fourth-order valence-corrected chi connectivity index (χ4v) is 7.09. The first kappa shape index (κ1) is 20.9. The lowest BCUT2D eigenvalue weighted by atomic mass is 9.44. The van der Waals surface area contributed by atoms with Gasteiger partial charge in [0.15, 0.2) is 0 Å². The Bertz CT molecular complexity index is 648. The van der Waals surface area contributed by atoms with Crippen LogP contribution in [0.25, 0.3) is 0 Å². The number of oxime groups is 1. The molecule has 4 aliphatic carbocycles. The van der Waals surface area contributed by atoms with Gasteiger partial charge in [-0.1, -0.05) is 31.2 Å². The summed E-state index contributed by atoms with van der Waals surface area (Å²) in [5, 5.41) is 4.36. The molecule has 4 fully saturated rings. The van der Waals surface area contributed by atoms with E-state index in [1.165, 1.54) is 24.1 Å². The smallest absolute Gasteiger partial charge is 0.139 e. The minimum atomic E-state index is -0.0536. The second kappa shape index (κ2) is 7.51. The van der Waals surface area contributed by atoms with Crippen LogP contribution in [0.3, 0.4) is 0 Å². The molecule has 0 aromatic carbocycles. The molecule has 5 heteroatoms. The zero-order chi connectivity index (χ0) is 18.5. The lowest BCUT2D eigenvalue weighted by molar-refractivity contribution is -0.134. The van der Waals surface area contributed by atoms with E-state index < -0.39 is 0 Å². The molecule has 27 heavy (non-hydrogen) atoms. The van der Waals surface area contributed by atoms with E-state index in [2.05, 4.69) is 25.6 Å². The summed E-state index contributed by atoms with van der Waals surface area (Å²) < 4.78 is 0. The van der Waals surface area contributed by atoms with Gasteiger partial charge in [-0.05, 0) is 74.0 Å². The number of halogens is 1. The monoisotopic (exact) mass is 394 g/mol. The van der Waals surface area contributed by atoms with Crippen LogP contribution in [0.1, 0.15) is 65.2 Å². The van der Waals surface area contributed by atoms with Crippen LogP contribution in [0.2, 0.25) is 0 Å². The standard InChI is InChI=1S/C22H34N2O2.ClH/c1-14-12-16-17-4-5-20(25)22(17,3)9-7-18(16)21(2)8-6-15(13-19(14)21)24-26-11-10-23;/h16-19H,1,4-13,23H2,2-3H3;1H/b24-15+;. The molecule has 4 aliphatic rings. The Kier molecular flexibility index (Phi) is 5.80. The lowest BCUT2D eigenvalue weighted by Crippen LogP contribution is -2.54. The van der Waals surface area contributed by atoms with Crippen LogP contribution in [-0.2, 0) is 9.63 Å². The van der Waals surface area contributed by atoms with Crippen LogP contribution in [0.15, 0.2) is 17.3 Å². The summed E-state index contributed by atoms with van der Waals surface area (Å²) in [6.45, 7) is 10.3. The normalized spacial score (nSPS) is 44.9. The predicted molar refractivity (Wildman–Crippen MR) is 111 cm³/mol. The molecular weight excluding hydrogens is 360 g/mol. The molecular formula is C22H35ClN2O2. The Hall–Kier alpha value is -0.870. The lowest BCUT2D eigenvalue weighted by Gasteiger charge is -2.60. The predicted octanol–water partition coefficient (Wildman–Crippen LogP) is 4.52. The molecule has 2 N–H and O–H groups in total. The third-order valence-electron chi connectivity index (χ3n) is 8.57. The van der Waals surface area contributed by atoms with E-state index in [4.69, 9.17) is 10.6 Å². The molecule has 152 valence electrons. The number of Topliss-reactive ketones (excluding diaryl/α,β-unsaturated/α-hetero) is 1. The van der Waals surface area contributed by atoms with Gasteiger partial charge in [0, 0.05) is 18.4 Å². The van der Waals surface area contributed by atoms with E-state index in [-0.39, 0.29) is 17.8 Å². The number of nitrogens with zero attached hydrogens (tertiary/aromatic N) is 1. The van der Waals surface area contributed by atoms with Crippen molar-refractivity contribution < 1.29 is 9.63 Å². The van der Waals surface area contributed by atoms with Gasteiger partial charge in [0.1, 0.15) is 12.4 Å². The SMILES string of the molecule is C=C1CC2C3CCC(=O)C3(C)CCC2C2(C)CC/C(=N\OCCN)CC12.Cl. The van der Waals surface area contributed by atoms with Gasteiger partial charge in [0.05, 0.1) is 5.71 Å². The molecule has 4 rings (SSSR count). The first-order valence-electron chi connectivity index (χ1n) is 10.5. The third-order valence-corrected chi connectivity index (χ3v) is 8.57. The van der Waals surface area contributed by atoms with Crippen molar-refractivity contribution in [2.75, 3.05) is 13.2 Å². The zero-order valence-electron chi connectivity index (χ0n) is 16.8. The van der Waals surface area contributed by atoms with Crippen molar-refractivity contribution in [1.29, 1.82) is 0 Å². The highest BCUT2D eigenvalue weighted by Gasteiger charge is 2.60. The van der Waals surface area contributed by atoms with Gasteiger partial charge in [-0.3, -0.25) is 4.79 Å². The highest BCUT2D eigenvalue weighted by Crippen LogP contribution is 2.66. The van der Waals surface area contributed by atoms with Crippen molar-refractivity contribution in [3.63, 3.8) is 0 Å². The van der Waals surface area contributed by atoms with E-state index in [9.17, 15) is 4.79 Å². The van der Waals surface area contributed by atoms with Crippen molar-refractivity contribution in [2.45, 2.75) is 65.2 Å². The second-order valence-electron chi connectivity index (χ2n) is 9.70. The molecule has 0 heterocycles. The number of hydrogen-bond donors (Lipinski definition) is 1. The second-order valence-corrected chi connectivity index (χ2v) is 9.70. The maximum absolute atomic E-state index is 12.6. The first-order chi connectivity index (χ1) is 12.4. The molecule has 0 aliphatic heterocycles. The van der Waals surface area contributed by atoms with Gasteiger partial charge >= 0.3 is 0 Å². The minimum absolute atomic E-state index is 0. The summed E-state index contributed by atoms with van der Waals surface area (Å²) in [6, 6.07) is 0. The highest BCUT2D eigenvalue weighted by atomic mass is 35.5. The number of fused-ring (bicyclic) bond motifs is 5. The van der Waals surface area contributed by atoms with E-state index in [1.807, 2.05) is 0 Å². The van der Waals surface area contributed by atoms with E-state index >= 15 is 0 Å². The molecule has 0 radical (unpaired) electrons. The van der Waals surface area contributed by atoms with Gasteiger partial charge in [-0.15, -0.1) is 12.4 Å². The summed E-state index contributed by atoms with van der Waals surface area (Å²) in [5.74, 6) is 2.99. The van der Waals surface area contributed by atoms with Crippen LogP contribution >= 0.6 is 12.4 Å². The van der Waals surface area contributed by atoms with Gasteiger partial charge in [-0.25, -0.2) is 0 Å². The molecule has 0 amide bonds. The minimum Gasteiger partial charge on any atom is -0.395 e. The number of carbonyl (C=O) groups is 1. The maximum Gasteiger partial charge on any atom is 0.139 e. The quantitative estimate of drug-likeness (QED) is 0.435. The summed E-state index contributed by atoms with van der Waals surface area (Å²) in [5.41, 5.74) is 8.32.